The predicted octanol–water partition coefficient (Wildman–Crippen LogP) is 2.08. The van der Waals surface area contributed by atoms with Crippen molar-refractivity contribution in [3.8, 4) is 11.5 Å². The Kier molecular flexibility index (Phi) is 5.43. The summed E-state index contributed by atoms with van der Waals surface area (Å²) in [4.78, 5) is 0. The lowest BCUT2D eigenvalue weighted by Gasteiger charge is -2.16. The quantitative estimate of drug-likeness (QED) is 0.801. The summed E-state index contributed by atoms with van der Waals surface area (Å²) in [5.41, 5.74) is 1.10. The summed E-state index contributed by atoms with van der Waals surface area (Å²) in [7, 11) is 1.92. The number of aromatic nitrogens is 2. The Bertz CT molecular complexity index is 488. The van der Waals surface area contributed by atoms with E-state index in [4.69, 9.17) is 9.47 Å². The second-order valence-corrected chi connectivity index (χ2v) is 4.33. The Labute approximate surface area is 119 Å². The van der Waals surface area contributed by atoms with E-state index in [1.165, 1.54) is 0 Å². The molecule has 0 unspecified atom stereocenters. The monoisotopic (exact) mass is 275 g/mol. The van der Waals surface area contributed by atoms with Crippen molar-refractivity contribution in [2.75, 3.05) is 20.3 Å². The van der Waals surface area contributed by atoms with Crippen molar-refractivity contribution in [1.29, 1.82) is 0 Å². The van der Waals surface area contributed by atoms with E-state index in [0.717, 1.165) is 23.6 Å². The maximum absolute atomic E-state index is 5.92. The van der Waals surface area contributed by atoms with Crippen LogP contribution in [0, 0.1) is 0 Å². The van der Waals surface area contributed by atoms with E-state index < -0.39 is 0 Å². The molecule has 5 nitrogen and oxygen atoms in total. The second kappa shape index (κ2) is 7.55. The molecule has 0 spiro atoms. The second-order valence-electron chi connectivity index (χ2n) is 4.33. The minimum absolute atomic E-state index is 0.558. The average molecular weight is 275 g/mol. The van der Waals surface area contributed by atoms with Crippen LogP contribution in [0.25, 0.3) is 0 Å². The summed E-state index contributed by atoms with van der Waals surface area (Å²) >= 11 is 0. The first kappa shape index (κ1) is 14.4. The van der Waals surface area contributed by atoms with E-state index in [-0.39, 0.29) is 0 Å². The zero-order chi connectivity index (χ0) is 14.2. The standard InChI is InChI=1S/C15H21N3O2/c1-3-19-14-7-4-6-13(12-16-2)15(14)20-11-10-18-9-5-8-17-18/h4-9,16H,3,10-12H2,1-2H3. The minimum atomic E-state index is 0.558. The van der Waals surface area contributed by atoms with Gasteiger partial charge in [-0.3, -0.25) is 4.68 Å². The van der Waals surface area contributed by atoms with Gasteiger partial charge in [0.2, 0.25) is 0 Å². The van der Waals surface area contributed by atoms with Gasteiger partial charge < -0.3 is 14.8 Å². The Hall–Kier alpha value is -2.01. The normalized spacial score (nSPS) is 10.5. The fourth-order valence-corrected chi connectivity index (χ4v) is 2.00. The molecule has 0 radical (unpaired) electrons. The van der Waals surface area contributed by atoms with Gasteiger partial charge in [-0.25, -0.2) is 0 Å². The van der Waals surface area contributed by atoms with Crippen LogP contribution < -0.4 is 14.8 Å². The summed E-state index contributed by atoms with van der Waals surface area (Å²) < 4.78 is 13.4. The highest BCUT2D eigenvalue weighted by Gasteiger charge is 2.10. The molecule has 2 aromatic rings. The first-order chi connectivity index (χ1) is 9.85. The van der Waals surface area contributed by atoms with Gasteiger partial charge in [-0.15, -0.1) is 0 Å². The molecule has 0 atom stereocenters. The predicted molar refractivity (Wildman–Crippen MR) is 78.1 cm³/mol. The third-order valence-electron chi connectivity index (χ3n) is 2.85. The van der Waals surface area contributed by atoms with Crippen LogP contribution in [0.2, 0.25) is 0 Å². The van der Waals surface area contributed by atoms with Gasteiger partial charge in [0, 0.05) is 24.5 Å². The van der Waals surface area contributed by atoms with Crippen LogP contribution in [0.4, 0.5) is 0 Å². The van der Waals surface area contributed by atoms with Crippen molar-refractivity contribution < 1.29 is 9.47 Å². The third kappa shape index (κ3) is 3.74. The fraction of sp³-hybridized carbons (Fsp3) is 0.400. The number of rotatable bonds is 8. The smallest absolute Gasteiger partial charge is 0.165 e. The molecule has 0 aliphatic rings. The number of hydrogen-bond donors (Lipinski definition) is 1. The topological polar surface area (TPSA) is 48.3 Å². The summed E-state index contributed by atoms with van der Waals surface area (Å²) in [6.45, 7) is 4.61. The van der Waals surface area contributed by atoms with Crippen LogP contribution in [0.15, 0.2) is 36.7 Å². The van der Waals surface area contributed by atoms with E-state index in [1.807, 2.05) is 49.1 Å². The molecule has 1 aromatic heterocycles. The molecular formula is C15H21N3O2. The lowest BCUT2D eigenvalue weighted by atomic mass is 10.2. The highest BCUT2D eigenvalue weighted by Crippen LogP contribution is 2.31. The molecule has 108 valence electrons. The van der Waals surface area contributed by atoms with Crippen molar-refractivity contribution in [1.82, 2.24) is 15.1 Å². The van der Waals surface area contributed by atoms with Crippen LogP contribution in [0.5, 0.6) is 11.5 Å². The summed E-state index contributed by atoms with van der Waals surface area (Å²) in [6.07, 6.45) is 3.69. The van der Waals surface area contributed by atoms with Crippen LogP contribution in [0.1, 0.15) is 12.5 Å². The van der Waals surface area contributed by atoms with Crippen LogP contribution in [-0.4, -0.2) is 30.0 Å². The summed E-state index contributed by atoms with van der Waals surface area (Å²) in [6, 6.07) is 7.87. The Morgan fingerprint density at radius 2 is 2.15 bits per heavy atom. The van der Waals surface area contributed by atoms with Crippen LogP contribution in [0.3, 0.4) is 0 Å². The van der Waals surface area contributed by atoms with Gasteiger partial charge in [-0.05, 0) is 26.1 Å². The maximum atomic E-state index is 5.92. The molecule has 1 N–H and O–H groups in total. The lowest BCUT2D eigenvalue weighted by Crippen LogP contribution is -2.12. The van der Waals surface area contributed by atoms with Crippen molar-refractivity contribution in [3.05, 3.63) is 42.2 Å². The van der Waals surface area contributed by atoms with E-state index in [0.29, 0.717) is 19.8 Å². The number of nitrogens with one attached hydrogen (secondary N) is 1. The fourth-order valence-electron chi connectivity index (χ4n) is 2.00. The lowest BCUT2D eigenvalue weighted by molar-refractivity contribution is 0.259. The van der Waals surface area contributed by atoms with Crippen LogP contribution >= 0.6 is 0 Å². The molecule has 5 heteroatoms. The van der Waals surface area contributed by atoms with Crippen LogP contribution in [-0.2, 0) is 13.1 Å². The van der Waals surface area contributed by atoms with Gasteiger partial charge >= 0.3 is 0 Å². The maximum Gasteiger partial charge on any atom is 0.165 e. The van der Waals surface area contributed by atoms with Gasteiger partial charge in [0.15, 0.2) is 11.5 Å². The number of nitrogens with zero attached hydrogens (tertiary/aromatic N) is 2. The Morgan fingerprint density at radius 1 is 1.25 bits per heavy atom. The molecule has 0 saturated heterocycles. The Morgan fingerprint density at radius 3 is 2.85 bits per heavy atom. The van der Waals surface area contributed by atoms with Gasteiger partial charge in [-0.1, -0.05) is 12.1 Å². The molecule has 20 heavy (non-hydrogen) atoms. The highest BCUT2D eigenvalue weighted by atomic mass is 16.5. The molecule has 0 bridgehead atoms. The zero-order valence-corrected chi connectivity index (χ0v) is 12.0. The van der Waals surface area contributed by atoms with Crippen molar-refractivity contribution >= 4 is 0 Å². The number of benzene rings is 1. The third-order valence-corrected chi connectivity index (χ3v) is 2.85. The molecular weight excluding hydrogens is 254 g/mol. The zero-order valence-electron chi connectivity index (χ0n) is 12.0. The van der Waals surface area contributed by atoms with E-state index in [1.54, 1.807) is 6.20 Å². The van der Waals surface area contributed by atoms with Gasteiger partial charge in [0.25, 0.3) is 0 Å². The molecule has 2 rings (SSSR count). The average Bonchev–Trinajstić information content (AvgIpc) is 2.95. The molecule has 1 heterocycles. The molecule has 1 aromatic carbocycles. The SMILES string of the molecule is CCOc1cccc(CNC)c1OCCn1cccn1. The number of hydrogen-bond acceptors (Lipinski definition) is 4. The minimum Gasteiger partial charge on any atom is -0.490 e. The Balaban J connectivity index is 2.06. The van der Waals surface area contributed by atoms with E-state index in [9.17, 15) is 0 Å². The largest absolute Gasteiger partial charge is 0.490 e. The summed E-state index contributed by atoms with van der Waals surface area (Å²) in [5.74, 6) is 1.61. The van der Waals surface area contributed by atoms with E-state index in [2.05, 4.69) is 10.4 Å². The summed E-state index contributed by atoms with van der Waals surface area (Å²) in [5, 5.41) is 7.30. The van der Waals surface area contributed by atoms with Gasteiger partial charge in [-0.2, -0.15) is 5.10 Å². The van der Waals surface area contributed by atoms with Crippen molar-refractivity contribution in [3.63, 3.8) is 0 Å². The molecule has 0 saturated carbocycles. The highest BCUT2D eigenvalue weighted by molar-refractivity contribution is 5.46. The van der Waals surface area contributed by atoms with Crippen molar-refractivity contribution in [2.24, 2.45) is 0 Å². The van der Waals surface area contributed by atoms with Crippen molar-refractivity contribution in [2.45, 2.75) is 20.0 Å². The molecule has 0 fully saturated rings. The first-order valence-corrected chi connectivity index (χ1v) is 6.84. The number of para-hydroxylation sites is 1. The first-order valence-electron chi connectivity index (χ1n) is 6.84. The van der Waals surface area contributed by atoms with E-state index >= 15 is 0 Å². The molecule has 0 amide bonds. The van der Waals surface area contributed by atoms with Gasteiger partial charge in [0.05, 0.1) is 13.2 Å². The molecule has 0 aliphatic heterocycles. The molecule has 0 aliphatic carbocycles. The van der Waals surface area contributed by atoms with Gasteiger partial charge in [0.1, 0.15) is 6.61 Å². The number of ether oxygens (including phenoxy) is 2.